The highest BCUT2D eigenvalue weighted by Gasteiger charge is 2.45. The van der Waals surface area contributed by atoms with E-state index in [9.17, 15) is 24.3 Å². The van der Waals surface area contributed by atoms with Crippen LogP contribution in [0.3, 0.4) is 0 Å². The molecule has 1 saturated heterocycles. The minimum atomic E-state index is -0.964. The van der Waals surface area contributed by atoms with Crippen LogP contribution in [-0.2, 0) is 23.9 Å². The molecular formula is C25H46N4O7. The average Bonchev–Trinajstić information content (AvgIpc) is 3.24. The molecule has 1 aliphatic rings. The third-order valence-corrected chi connectivity index (χ3v) is 6.24. The number of carbonyl (C=O) groups is 4. The molecule has 208 valence electrons. The number of nitrogens with one attached hydrogen (secondary N) is 2. The smallest absolute Gasteiger partial charge is 0.408 e. The number of esters is 1. The van der Waals surface area contributed by atoms with Gasteiger partial charge in [-0.3, -0.25) is 9.59 Å². The predicted octanol–water partition coefficient (Wildman–Crippen LogP) is 1.31. The van der Waals surface area contributed by atoms with Crippen LogP contribution in [0.4, 0.5) is 4.79 Å². The SMILES string of the molecule is COC(=O)C(CCCCN)NC(=O)[C@@H]1C(C(C)C)CCN1C(=O)[C@H](CCCO)NC(=O)OC(C)(C)C. The van der Waals surface area contributed by atoms with E-state index in [0.29, 0.717) is 38.8 Å². The molecule has 1 fully saturated rings. The summed E-state index contributed by atoms with van der Waals surface area (Å²) in [5.74, 6) is -1.43. The zero-order valence-corrected chi connectivity index (χ0v) is 22.7. The molecule has 1 aliphatic heterocycles. The van der Waals surface area contributed by atoms with Crippen LogP contribution in [0.15, 0.2) is 0 Å². The van der Waals surface area contributed by atoms with Gasteiger partial charge in [0.2, 0.25) is 11.8 Å². The lowest BCUT2D eigenvalue weighted by Gasteiger charge is -2.33. The van der Waals surface area contributed by atoms with Gasteiger partial charge < -0.3 is 35.8 Å². The lowest BCUT2D eigenvalue weighted by atomic mass is 9.88. The lowest BCUT2D eigenvalue weighted by molar-refractivity contribution is -0.147. The summed E-state index contributed by atoms with van der Waals surface area (Å²) < 4.78 is 10.2. The van der Waals surface area contributed by atoms with Gasteiger partial charge in [-0.05, 0) is 77.7 Å². The summed E-state index contributed by atoms with van der Waals surface area (Å²) in [7, 11) is 1.26. The fourth-order valence-corrected chi connectivity index (χ4v) is 4.44. The van der Waals surface area contributed by atoms with Crippen molar-refractivity contribution in [2.75, 3.05) is 26.8 Å². The van der Waals surface area contributed by atoms with Gasteiger partial charge in [-0.1, -0.05) is 13.8 Å². The van der Waals surface area contributed by atoms with Gasteiger partial charge in [-0.2, -0.15) is 0 Å². The molecule has 5 N–H and O–H groups in total. The number of methoxy groups -OCH3 is 1. The van der Waals surface area contributed by atoms with E-state index in [1.165, 1.54) is 12.0 Å². The van der Waals surface area contributed by atoms with E-state index in [-0.39, 0.29) is 31.3 Å². The first-order chi connectivity index (χ1) is 16.9. The van der Waals surface area contributed by atoms with Gasteiger partial charge >= 0.3 is 12.1 Å². The number of carbonyl (C=O) groups excluding carboxylic acids is 4. The molecule has 1 heterocycles. The van der Waals surface area contributed by atoms with Gasteiger partial charge in [0.25, 0.3) is 0 Å². The van der Waals surface area contributed by atoms with Gasteiger partial charge in [-0.25, -0.2) is 9.59 Å². The van der Waals surface area contributed by atoms with E-state index in [0.717, 1.165) is 0 Å². The van der Waals surface area contributed by atoms with E-state index < -0.39 is 47.6 Å². The van der Waals surface area contributed by atoms with E-state index in [1.54, 1.807) is 20.8 Å². The van der Waals surface area contributed by atoms with Crippen LogP contribution in [0.25, 0.3) is 0 Å². The number of ether oxygens (including phenoxy) is 2. The highest BCUT2D eigenvalue weighted by molar-refractivity contribution is 5.93. The summed E-state index contributed by atoms with van der Waals surface area (Å²) in [5.41, 5.74) is 4.81. The number of likely N-dealkylation sites (tertiary alicyclic amines) is 1. The predicted molar refractivity (Wildman–Crippen MR) is 135 cm³/mol. The van der Waals surface area contributed by atoms with Gasteiger partial charge in [0.1, 0.15) is 23.7 Å². The molecule has 0 radical (unpaired) electrons. The fourth-order valence-electron chi connectivity index (χ4n) is 4.44. The van der Waals surface area contributed by atoms with Gasteiger partial charge in [0.15, 0.2) is 0 Å². The molecule has 11 nitrogen and oxygen atoms in total. The van der Waals surface area contributed by atoms with E-state index in [4.69, 9.17) is 15.2 Å². The topological polar surface area (TPSA) is 160 Å². The number of nitrogens with zero attached hydrogens (tertiary/aromatic N) is 1. The van der Waals surface area contributed by atoms with Crippen LogP contribution in [0.2, 0.25) is 0 Å². The number of hydrogen-bond donors (Lipinski definition) is 4. The highest BCUT2D eigenvalue weighted by atomic mass is 16.6. The number of nitrogens with two attached hydrogens (primary N) is 1. The van der Waals surface area contributed by atoms with Crippen LogP contribution >= 0.6 is 0 Å². The van der Waals surface area contributed by atoms with Crippen molar-refractivity contribution in [2.45, 2.75) is 96.9 Å². The third kappa shape index (κ3) is 9.93. The second kappa shape index (κ2) is 15.0. The normalized spacial score (nSPS) is 19.5. The summed E-state index contributed by atoms with van der Waals surface area (Å²) in [6, 6.07) is -2.62. The summed E-state index contributed by atoms with van der Waals surface area (Å²) >= 11 is 0. The van der Waals surface area contributed by atoms with Crippen molar-refractivity contribution in [3.63, 3.8) is 0 Å². The first-order valence-corrected chi connectivity index (χ1v) is 12.8. The zero-order valence-electron chi connectivity index (χ0n) is 22.7. The van der Waals surface area contributed by atoms with Gasteiger partial charge in [-0.15, -0.1) is 0 Å². The summed E-state index contributed by atoms with van der Waals surface area (Å²) in [6.45, 7) is 9.79. The third-order valence-electron chi connectivity index (χ3n) is 6.24. The maximum Gasteiger partial charge on any atom is 0.408 e. The molecule has 2 unspecified atom stereocenters. The number of aliphatic hydroxyl groups excluding tert-OH is 1. The molecule has 4 atom stereocenters. The van der Waals surface area contributed by atoms with Crippen molar-refractivity contribution >= 4 is 23.9 Å². The molecule has 0 aromatic heterocycles. The van der Waals surface area contributed by atoms with Gasteiger partial charge in [0, 0.05) is 13.2 Å². The standard InChI is InChI=1S/C25H46N4O7/c1-16(2)17-12-14-29(20(17)21(31)27-19(23(33)35-6)10-7-8-13-26)22(32)18(11-9-15-30)28-24(34)36-25(3,4)5/h16-20,30H,7-15,26H2,1-6H3,(H,27,31)(H,28,34)/t17?,18-,19?,20-/m0/s1. The lowest BCUT2D eigenvalue weighted by Crippen LogP contribution is -2.57. The average molecular weight is 515 g/mol. The number of hydrogen-bond acceptors (Lipinski definition) is 8. The second-order valence-corrected chi connectivity index (χ2v) is 10.6. The van der Waals surface area contributed by atoms with Gasteiger partial charge in [0.05, 0.1) is 7.11 Å². The minimum absolute atomic E-state index is 0.0991. The highest BCUT2D eigenvalue weighted by Crippen LogP contribution is 2.32. The maximum absolute atomic E-state index is 13.6. The number of rotatable bonds is 13. The monoisotopic (exact) mass is 514 g/mol. The zero-order chi connectivity index (χ0) is 27.5. The van der Waals surface area contributed by atoms with Crippen molar-refractivity contribution in [1.29, 1.82) is 0 Å². The first kappa shape index (κ1) is 31.6. The first-order valence-electron chi connectivity index (χ1n) is 12.8. The Labute approximate surface area is 214 Å². The number of amides is 3. The Morgan fingerprint density at radius 1 is 1.06 bits per heavy atom. The van der Waals surface area contributed by atoms with E-state index in [1.807, 2.05) is 13.8 Å². The Morgan fingerprint density at radius 2 is 1.69 bits per heavy atom. The fraction of sp³-hybridized carbons (Fsp3) is 0.840. The summed E-state index contributed by atoms with van der Waals surface area (Å²) in [4.78, 5) is 53.3. The Bertz CT molecular complexity index is 738. The maximum atomic E-state index is 13.6. The molecule has 0 bridgehead atoms. The Morgan fingerprint density at radius 3 is 2.22 bits per heavy atom. The molecule has 0 aromatic carbocycles. The van der Waals surface area contributed by atoms with Crippen molar-refractivity contribution in [3.8, 4) is 0 Å². The molecular weight excluding hydrogens is 468 g/mol. The number of alkyl carbamates (subject to hydrolysis) is 1. The molecule has 36 heavy (non-hydrogen) atoms. The van der Waals surface area contributed by atoms with Crippen molar-refractivity contribution in [3.05, 3.63) is 0 Å². The van der Waals surface area contributed by atoms with Crippen molar-refractivity contribution < 1.29 is 33.8 Å². The van der Waals surface area contributed by atoms with Crippen LogP contribution < -0.4 is 16.4 Å². The van der Waals surface area contributed by atoms with E-state index >= 15 is 0 Å². The van der Waals surface area contributed by atoms with E-state index in [2.05, 4.69) is 10.6 Å². The molecule has 0 aliphatic carbocycles. The van der Waals surface area contributed by atoms with Crippen LogP contribution in [-0.4, -0.2) is 84.4 Å². The minimum Gasteiger partial charge on any atom is -0.467 e. The Kier molecular flexibility index (Phi) is 13.2. The number of unbranched alkanes of at least 4 members (excludes halogenated alkanes) is 1. The van der Waals surface area contributed by atoms with Crippen molar-refractivity contribution in [1.82, 2.24) is 15.5 Å². The Balaban J connectivity index is 3.14. The quantitative estimate of drug-likeness (QED) is 0.211. The molecule has 1 rings (SSSR count). The molecule has 3 amide bonds. The summed E-state index contributed by atoms with van der Waals surface area (Å²) in [5, 5.41) is 14.7. The molecule has 0 spiro atoms. The largest absolute Gasteiger partial charge is 0.467 e. The number of aliphatic hydroxyl groups is 1. The molecule has 11 heteroatoms. The van der Waals surface area contributed by atoms with Crippen LogP contribution in [0, 0.1) is 11.8 Å². The Hall–Kier alpha value is -2.40. The summed E-state index contributed by atoms with van der Waals surface area (Å²) in [6.07, 6.45) is 2.06. The molecule has 0 aromatic rings. The van der Waals surface area contributed by atoms with Crippen molar-refractivity contribution in [2.24, 2.45) is 17.6 Å². The second-order valence-electron chi connectivity index (χ2n) is 10.6. The van der Waals surface area contributed by atoms with Crippen LogP contribution in [0.1, 0.15) is 73.1 Å². The van der Waals surface area contributed by atoms with Crippen LogP contribution in [0.5, 0.6) is 0 Å². The molecule has 0 saturated carbocycles.